The van der Waals surface area contributed by atoms with Gasteiger partial charge in [0.1, 0.15) is 6.61 Å². The number of hydrogen-bond acceptors (Lipinski definition) is 5. The van der Waals surface area contributed by atoms with Gasteiger partial charge < -0.3 is 15.8 Å². The van der Waals surface area contributed by atoms with Crippen molar-refractivity contribution in [2.75, 3.05) is 5.32 Å². The largest absolute Gasteiger partial charge is 0.459 e. The fourth-order valence-electron chi connectivity index (χ4n) is 2.23. The standard InChI is InChI=1S/C19H18N4O2/c20-12-17-9-10-21-19(23-17)25-13-14-5-4-6-15(11-14)18(24)22-16-7-2-1-3-8-16/h1-11H,12-13,20H2,(H,22,24). The smallest absolute Gasteiger partial charge is 0.316 e. The van der Waals surface area contributed by atoms with Crippen molar-refractivity contribution in [3.8, 4) is 6.01 Å². The van der Waals surface area contributed by atoms with Gasteiger partial charge in [-0.05, 0) is 35.9 Å². The van der Waals surface area contributed by atoms with Crippen LogP contribution in [0.4, 0.5) is 5.69 Å². The summed E-state index contributed by atoms with van der Waals surface area (Å²) < 4.78 is 5.58. The van der Waals surface area contributed by atoms with E-state index < -0.39 is 0 Å². The van der Waals surface area contributed by atoms with Crippen molar-refractivity contribution in [1.82, 2.24) is 9.97 Å². The SMILES string of the molecule is NCc1ccnc(OCc2cccc(C(=O)Nc3ccccc3)c2)n1. The average molecular weight is 334 g/mol. The van der Waals surface area contributed by atoms with Gasteiger partial charge in [-0.1, -0.05) is 30.3 Å². The van der Waals surface area contributed by atoms with Crippen LogP contribution in [0.5, 0.6) is 6.01 Å². The molecule has 0 bridgehead atoms. The minimum atomic E-state index is -0.172. The number of ether oxygens (including phenoxy) is 1. The Balaban J connectivity index is 1.65. The first-order valence-electron chi connectivity index (χ1n) is 7.85. The molecule has 6 nitrogen and oxygen atoms in total. The third-order valence-corrected chi connectivity index (χ3v) is 3.49. The molecule has 2 aromatic carbocycles. The number of nitrogens with two attached hydrogens (primary N) is 1. The molecule has 126 valence electrons. The summed E-state index contributed by atoms with van der Waals surface area (Å²) in [4.78, 5) is 20.6. The second-order valence-corrected chi connectivity index (χ2v) is 5.34. The number of carbonyl (C=O) groups excluding carboxylic acids is 1. The minimum Gasteiger partial charge on any atom is -0.459 e. The Kier molecular flexibility index (Phi) is 5.33. The third-order valence-electron chi connectivity index (χ3n) is 3.49. The lowest BCUT2D eigenvalue weighted by molar-refractivity contribution is 0.102. The van der Waals surface area contributed by atoms with Crippen LogP contribution in [-0.2, 0) is 13.2 Å². The Hall–Kier alpha value is -3.25. The molecule has 0 aliphatic heterocycles. The molecule has 0 unspecified atom stereocenters. The van der Waals surface area contributed by atoms with E-state index in [0.29, 0.717) is 17.8 Å². The van der Waals surface area contributed by atoms with Crippen molar-refractivity contribution in [2.24, 2.45) is 5.73 Å². The highest BCUT2D eigenvalue weighted by Crippen LogP contribution is 2.12. The number of carbonyl (C=O) groups is 1. The zero-order valence-electron chi connectivity index (χ0n) is 13.6. The molecule has 0 aliphatic carbocycles. The first kappa shape index (κ1) is 16.6. The molecule has 1 aromatic heterocycles. The quantitative estimate of drug-likeness (QED) is 0.723. The highest BCUT2D eigenvalue weighted by Gasteiger charge is 2.07. The maximum atomic E-state index is 12.3. The molecule has 0 atom stereocenters. The molecule has 3 rings (SSSR count). The minimum absolute atomic E-state index is 0.172. The van der Waals surface area contributed by atoms with Crippen LogP contribution in [0.3, 0.4) is 0 Å². The molecule has 0 saturated heterocycles. The van der Waals surface area contributed by atoms with Gasteiger partial charge in [-0.3, -0.25) is 4.79 Å². The molecule has 0 spiro atoms. The third kappa shape index (κ3) is 4.62. The molecule has 3 aromatic rings. The Morgan fingerprint density at radius 2 is 1.92 bits per heavy atom. The second kappa shape index (κ2) is 8.03. The number of aromatic nitrogens is 2. The lowest BCUT2D eigenvalue weighted by Gasteiger charge is -2.08. The van der Waals surface area contributed by atoms with Crippen LogP contribution in [0.2, 0.25) is 0 Å². The lowest BCUT2D eigenvalue weighted by atomic mass is 10.1. The number of para-hydroxylation sites is 1. The first-order chi connectivity index (χ1) is 12.2. The summed E-state index contributed by atoms with van der Waals surface area (Å²) in [5.41, 5.74) is 8.42. The predicted octanol–water partition coefficient (Wildman–Crippen LogP) is 2.77. The van der Waals surface area contributed by atoms with E-state index in [4.69, 9.17) is 10.5 Å². The maximum absolute atomic E-state index is 12.3. The Bertz CT molecular complexity index is 853. The van der Waals surface area contributed by atoms with Crippen LogP contribution in [0.15, 0.2) is 66.9 Å². The van der Waals surface area contributed by atoms with E-state index in [1.54, 1.807) is 24.4 Å². The fourth-order valence-corrected chi connectivity index (χ4v) is 2.23. The zero-order chi connectivity index (χ0) is 17.5. The van der Waals surface area contributed by atoms with Gasteiger partial charge in [-0.25, -0.2) is 4.98 Å². The van der Waals surface area contributed by atoms with Gasteiger partial charge in [0.2, 0.25) is 0 Å². The van der Waals surface area contributed by atoms with E-state index in [9.17, 15) is 4.79 Å². The molecule has 0 fully saturated rings. The summed E-state index contributed by atoms with van der Waals surface area (Å²) in [6.45, 7) is 0.592. The molecule has 0 radical (unpaired) electrons. The van der Waals surface area contributed by atoms with Gasteiger partial charge in [0.15, 0.2) is 0 Å². The molecule has 1 heterocycles. The van der Waals surface area contributed by atoms with Crippen LogP contribution < -0.4 is 15.8 Å². The summed E-state index contributed by atoms with van der Waals surface area (Å²) in [6.07, 6.45) is 1.61. The highest BCUT2D eigenvalue weighted by atomic mass is 16.5. The van der Waals surface area contributed by atoms with Crippen LogP contribution >= 0.6 is 0 Å². The van der Waals surface area contributed by atoms with Crippen molar-refractivity contribution in [1.29, 1.82) is 0 Å². The Morgan fingerprint density at radius 1 is 1.08 bits per heavy atom. The topological polar surface area (TPSA) is 90.1 Å². The Labute approximate surface area is 145 Å². The second-order valence-electron chi connectivity index (χ2n) is 5.34. The fraction of sp³-hybridized carbons (Fsp3) is 0.105. The molecule has 3 N–H and O–H groups in total. The van der Waals surface area contributed by atoms with E-state index in [1.807, 2.05) is 42.5 Å². The van der Waals surface area contributed by atoms with Crippen LogP contribution in [-0.4, -0.2) is 15.9 Å². The van der Waals surface area contributed by atoms with E-state index in [1.165, 1.54) is 0 Å². The number of nitrogens with zero attached hydrogens (tertiary/aromatic N) is 2. The van der Waals surface area contributed by atoms with Gasteiger partial charge in [-0.2, -0.15) is 4.98 Å². The summed E-state index contributed by atoms with van der Waals surface area (Å²) >= 11 is 0. The monoisotopic (exact) mass is 334 g/mol. The van der Waals surface area contributed by atoms with Gasteiger partial charge >= 0.3 is 6.01 Å². The summed E-state index contributed by atoms with van der Waals surface area (Å²) in [6, 6.07) is 18.6. The normalized spacial score (nSPS) is 10.3. The van der Waals surface area contributed by atoms with Gasteiger partial charge in [0.25, 0.3) is 5.91 Å². The predicted molar refractivity (Wildman–Crippen MR) is 95.1 cm³/mol. The molecule has 6 heteroatoms. The number of rotatable bonds is 6. The van der Waals surface area contributed by atoms with Crippen molar-refractivity contribution in [2.45, 2.75) is 13.2 Å². The molecule has 0 saturated carbocycles. The van der Waals surface area contributed by atoms with Crippen molar-refractivity contribution in [3.63, 3.8) is 0 Å². The summed E-state index contributed by atoms with van der Waals surface area (Å²) in [5, 5.41) is 2.86. The van der Waals surface area contributed by atoms with E-state index in [-0.39, 0.29) is 18.5 Å². The van der Waals surface area contributed by atoms with Crippen LogP contribution in [0, 0.1) is 0 Å². The van der Waals surface area contributed by atoms with Gasteiger partial charge in [0.05, 0.1) is 5.69 Å². The lowest BCUT2D eigenvalue weighted by Crippen LogP contribution is -2.12. The molecular formula is C19H18N4O2. The van der Waals surface area contributed by atoms with Gasteiger partial charge in [0, 0.05) is 24.0 Å². The summed E-state index contributed by atoms with van der Waals surface area (Å²) in [5.74, 6) is -0.172. The molecule has 25 heavy (non-hydrogen) atoms. The number of anilines is 1. The number of hydrogen-bond donors (Lipinski definition) is 2. The molecule has 1 amide bonds. The maximum Gasteiger partial charge on any atom is 0.316 e. The van der Waals surface area contributed by atoms with E-state index in [2.05, 4.69) is 15.3 Å². The zero-order valence-corrected chi connectivity index (χ0v) is 13.6. The summed E-state index contributed by atoms with van der Waals surface area (Å²) in [7, 11) is 0. The highest BCUT2D eigenvalue weighted by molar-refractivity contribution is 6.04. The van der Waals surface area contributed by atoms with Crippen molar-refractivity contribution in [3.05, 3.63) is 83.7 Å². The van der Waals surface area contributed by atoms with Crippen LogP contribution in [0.25, 0.3) is 0 Å². The van der Waals surface area contributed by atoms with Crippen molar-refractivity contribution >= 4 is 11.6 Å². The van der Waals surface area contributed by atoms with Crippen LogP contribution in [0.1, 0.15) is 21.6 Å². The molecule has 0 aliphatic rings. The number of nitrogens with one attached hydrogen (secondary N) is 1. The average Bonchev–Trinajstić information content (AvgIpc) is 2.67. The van der Waals surface area contributed by atoms with E-state index >= 15 is 0 Å². The van der Waals surface area contributed by atoms with E-state index in [0.717, 1.165) is 11.3 Å². The number of benzene rings is 2. The Morgan fingerprint density at radius 3 is 2.72 bits per heavy atom. The first-order valence-corrected chi connectivity index (χ1v) is 7.85. The van der Waals surface area contributed by atoms with Crippen molar-refractivity contribution < 1.29 is 9.53 Å². The van der Waals surface area contributed by atoms with Gasteiger partial charge in [-0.15, -0.1) is 0 Å². The molecular weight excluding hydrogens is 316 g/mol. The number of amides is 1.